The van der Waals surface area contributed by atoms with E-state index in [1.165, 1.54) is 11.1 Å². The van der Waals surface area contributed by atoms with Crippen molar-refractivity contribution < 1.29 is 14.3 Å². The first kappa shape index (κ1) is 19.7. The number of rotatable bonds is 7. The standard InChI is InChI=1S/C25H26O3/c1-17(2)19-5-10-22(11-6-19)27-24-14-9-21(16-26)25(15-24)28-23-12-7-20(8-13-23)18(3)4/h5-18H,1-4H3. The fraction of sp³-hybridized carbons (Fsp3) is 0.240. The molecule has 3 aromatic carbocycles. The fourth-order valence-corrected chi connectivity index (χ4v) is 2.87. The largest absolute Gasteiger partial charge is 0.457 e. The molecule has 28 heavy (non-hydrogen) atoms. The van der Waals surface area contributed by atoms with Gasteiger partial charge in [-0.05, 0) is 59.4 Å². The molecule has 0 unspecified atom stereocenters. The van der Waals surface area contributed by atoms with E-state index in [1.54, 1.807) is 18.2 Å². The van der Waals surface area contributed by atoms with Crippen molar-refractivity contribution >= 4 is 6.29 Å². The van der Waals surface area contributed by atoms with Crippen molar-refractivity contribution in [2.24, 2.45) is 0 Å². The lowest BCUT2D eigenvalue weighted by Crippen LogP contribution is -1.93. The molecule has 0 aliphatic carbocycles. The monoisotopic (exact) mass is 374 g/mol. The first-order chi connectivity index (χ1) is 13.5. The van der Waals surface area contributed by atoms with Crippen LogP contribution in [0.4, 0.5) is 0 Å². The Morgan fingerprint density at radius 3 is 1.57 bits per heavy atom. The molecular formula is C25H26O3. The number of hydrogen-bond acceptors (Lipinski definition) is 3. The molecule has 3 aromatic rings. The van der Waals surface area contributed by atoms with E-state index in [0.29, 0.717) is 34.6 Å². The lowest BCUT2D eigenvalue weighted by atomic mass is 10.0. The average molecular weight is 374 g/mol. The van der Waals surface area contributed by atoms with E-state index >= 15 is 0 Å². The van der Waals surface area contributed by atoms with Gasteiger partial charge >= 0.3 is 0 Å². The van der Waals surface area contributed by atoms with Crippen LogP contribution in [0.25, 0.3) is 0 Å². The summed E-state index contributed by atoms with van der Waals surface area (Å²) >= 11 is 0. The second-order valence-electron chi connectivity index (χ2n) is 7.47. The Hall–Kier alpha value is -3.07. The number of carbonyl (C=O) groups excluding carboxylic acids is 1. The summed E-state index contributed by atoms with van der Waals surface area (Å²) in [7, 11) is 0. The molecule has 0 amide bonds. The minimum atomic E-state index is 0.457. The highest BCUT2D eigenvalue weighted by Crippen LogP contribution is 2.32. The highest BCUT2D eigenvalue weighted by Gasteiger charge is 2.09. The van der Waals surface area contributed by atoms with Gasteiger partial charge in [0.1, 0.15) is 23.0 Å². The molecule has 0 spiro atoms. The molecule has 0 N–H and O–H groups in total. The normalized spacial score (nSPS) is 10.9. The van der Waals surface area contributed by atoms with Crippen LogP contribution >= 0.6 is 0 Å². The molecule has 3 heteroatoms. The van der Waals surface area contributed by atoms with Crippen molar-refractivity contribution in [1.29, 1.82) is 0 Å². The second-order valence-corrected chi connectivity index (χ2v) is 7.47. The summed E-state index contributed by atoms with van der Waals surface area (Å²) in [6, 6.07) is 21.2. The zero-order valence-corrected chi connectivity index (χ0v) is 16.8. The first-order valence-corrected chi connectivity index (χ1v) is 9.61. The van der Waals surface area contributed by atoms with E-state index in [0.717, 1.165) is 12.0 Å². The Bertz CT molecular complexity index is 923. The maximum absolute atomic E-state index is 11.4. The summed E-state index contributed by atoms with van der Waals surface area (Å²) < 4.78 is 11.9. The molecule has 0 radical (unpaired) electrons. The quantitative estimate of drug-likeness (QED) is 0.406. The van der Waals surface area contributed by atoms with Gasteiger partial charge in [-0.25, -0.2) is 0 Å². The Labute approximate surface area is 166 Å². The van der Waals surface area contributed by atoms with Crippen molar-refractivity contribution in [3.05, 3.63) is 83.4 Å². The van der Waals surface area contributed by atoms with E-state index in [4.69, 9.17) is 9.47 Å². The maximum Gasteiger partial charge on any atom is 0.153 e. The van der Waals surface area contributed by atoms with Crippen LogP contribution in [-0.4, -0.2) is 6.29 Å². The van der Waals surface area contributed by atoms with Crippen LogP contribution in [0.5, 0.6) is 23.0 Å². The van der Waals surface area contributed by atoms with Gasteiger partial charge in [0.05, 0.1) is 5.56 Å². The summed E-state index contributed by atoms with van der Waals surface area (Å²) in [6.07, 6.45) is 0.791. The van der Waals surface area contributed by atoms with Gasteiger partial charge in [0, 0.05) is 6.07 Å². The number of hydrogen-bond donors (Lipinski definition) is 0. The molecule has 0 aromatic heterocycles. The number of benzene rings is 3. The number of carbonyl (C=O) groups is 1. The van der Waals surface area contributed by atoms with E-state index in [1.807, 2.05) is 36.4 Å². The molecule has 0 saturated carbocycles. The van der Waals surface area contributed by atoms with Gasteiger partial charge in [-0.1, -0.05) is 52.0 Å². The zero-order valence-electron chi connectivity index (χ0n) is 16.8. The summed E-state index contributed by atoms with van der Waals surface area (Å²) in [4.78, 5) is 11.4. The Kier molecular flexibility index (Phi) is 6.15. The fourth-order valence-electron chi connectivity index (χ4n) is 2.87. The van der Waals surface area contributed by atoms with Gasteiger partial charge in [0.15, 0.2) is 6.29 Å². The zero-order chi connectivity index (χ0) is 20.1. The van der Waals surface area contributed by atoms with E-state index in [-0.39, 0.29) is 0 Å². The van der Waals surface area contributed by atoms with Gasteiger partial charge in [-0.15, -0.1) is 0 Å². The van der Waals surface area contributed by atoms with Gasteiger partial charge in [-0.2, -0.15) is 0 Å². The molecule has 0 aliphatic rings. The Morgan fingerprint density at radius 1 is 0.643 bits per heavy atom. The number of ether oxygens (including phenoxy) is 2. The van der Waals surface area contributed by atoms with Crippen LogP contribution in [-0.2, 0) is 0 Å². The van der Waals surface area contributed by atoms with Crippen molar-refractivity contribution in [2.45, 2.75) is 39.5 Å². The van der Waals surface area contributed by atoms with Gasteiger partial charge in [-0.3, -0.25) is 4.79 Å². The third-order valence-corrected chi connectivity index (χ3v) is 4.67. The molecule has 3 nitrogen and oxygen atoms in total. The first-order valence-electron chi connectivity index (χ1n) is 9.61. The van der Waals surface area contributed by atoms with E-state index in [2.05, 4.69) is 39.8 Å². The van der Waals surface area contributed by atoms with Gasteiger partial charge in [0.2, 0.25) is 0 Å². The third kappa shape index (κ3) is 4.80. The predicted octanol–water partition coefficient (Wildman–Crippen LogP) is 7.33. The smallest absolute Gasteiger partial charge is 0.153 e. The molecule has 3 rings (SSSR count). The Balaban J connectivity index is 1.80. The molecule has 144 valence electrons. The molecule has 0 bridgehead atoms. The summed E-state index contributed by atoms with van der Waals surface area (Å²) in [5.74, 6) is 3.46. The van der Waals surface area contributed by atoms with Gasteiger partial charge in [0.25, 0.3) is 0 Å². The molecule has 0 atom stereocenters. The minimum Gasteiger partial charge on any atom is -0.457 e. The van der Waals surface area contributed by atoms with Crippen molar-refractivity contribution in [3.8, 4) is 23.0 Å². The summed E-state index contributed by atoms with van der Waals surface area (Å²) in [5, 5.41) is 0. The summed E-state index contributed by atoms with van der Waals surface area (Å²) in [6.45, 7) is 8.61. The lowest BCUT2D eigenvalue weighted by Gasteiger charge is -2.13. The molecule has 0 saturated heterocycles. The third-order valence-electron chi connectivity index (χ3n) is 4.67. The highest BCUT2D eigenvalue weighted by atomic mass is 16.5. The Morgan fingerprint density at radius 2 is 1.11 bits per heavy atom. The van der Waals surface area contributed by atoms with Crippen LogP contribution < -0.4 is 9.47 Å². The SMILES string of the molecule is CC(C)c1ccc(Oc2ccc(C=O)c(Oc3ccc(C(C)C)cc3)c2)cc1. The average Bonchev–Trinajstić information content (AvgIpc) is 2.69. The molecule has 0 aliphatic heterocycles. The lowest BCUT2D eigenvalue weighted by molar-refractivity contribution is 0.112. The second kappa shape index (κ2) is 8.75. The van der Waals surface area contributed by atoms with E-state index in [9.17, 15) is 4.79 Å². The van der Waals surface area contributed by atoms with Crippen LogP contribution in [0.1, 0.15) is 61.0 Å². The van der Waals surface area contributed by atoms with E-state index < -0.39 is 0 Å². The molecule has 0 fully saturated rings. The minimum absolute atomic E-state index is 0.457. The number of aldehydes is 1. The van der Waals surface area contributed by atoms with Crippen LogP contribution in [0, 0.1) is 0 Å². The summed E-state index contributed by atoms with van der Waals surface area (Å²) in [5.41, 5.74) is 2.98. The molecular weight excluding hydrogens is 348 g/mol. The van der Waals surface area contributed by atoms with Crippen LogP contribution in [0.3, 0.4) is 0 Å². The highest BCUT2D eigenvalue weighted by molar-refractivity contribution is 5.80. The van der Waals surface area contributed by atoms with Crippen LogP contribution in [0.15, 0.2) is 66.7 Å². The van der Waals surface area contributed by atoms with Crippen molar-refractivity contribution in [3.63, 3.8) is 0 Å². The topological polar surface area (TPSA) is 35.5 Å². The maximum atomic E-state index is 11.4. The predicted molar refractivity (Wildman–Crippen MR) is 113 cm³/mol. The van der Waals surface area contributed by atoms with Gasteiger partial charge < -0.3 is 9.47 Å². The molecule has 0 heterocycles. The van der Waals surface area contributed by atoms with Crippen molar-refractivity contribution in [1.82, 2.24) is 0 Å². The van der Waals surface area contributed by atoms with Crippen LogP contribution in [0.2, 0.25) is 0 Å². The van der Waals surface area contributed by atoms with Crippen molar-refractivity contribution in [2.75, 3.05) is 0 Å².